The van der Waals surface area contributed by atoms with Crippen LogP contribution in [0.3, 0.4) is 0 Å². The zero-order valence-corrected chi connectivity index (χ0v) is 14.3. The number of aliphatic hydroxyl groups is 1. The average Bonchev–Trinajstić information content (AvgIpc) is 2.62. The van der Waals surface area contributed by atoms with E-state index in [4.69, 9.17) is 9.29 Å². The molecule has 1 aromatic heterocycles. The predicted molar refractivity (Wildman–Crippen MR) is 91.1 cm³/mol. The fraction of sp³-hybridized carbons (Fsp3) is 0.353. The molecule has 25 heavy (non-hydrogen) atoms. The minimum Gasteiger partial charge on any atom is -0.489 e. The van der Waals surface area contributed by atoms with Crippen LogP contribution in [0.25, 0.3) is 0 Å². The Balaban J connectivity index is 1.63. The van der Waals surface area contributed by atoms with Crippen LogP contribution in [0, 0.1) is 0 Å². The van der Waals surface area contributed by atoms with Gasteiger partial charge in [-0.3, -0.25) is 9.54 Å². The number of benzene rings is 1. The van der Waals surface area contributed by atoms with Gasteiger partial charge in [-0.15, -0.1) is 0 Å². The lowest BCUT2D eigenvalue weighted by Gasteiger charge is -2.28. The van der Waals surface area contributed by atoms with Crippen LogP contribution in [-0.2, 0) is 16.5 Å². The summed E-state index contributed by atoms with van der Waals surface area (Å²) in [5.41, 5.74) is 1.66. The summed E-state index contributed by atoms with van der Waals surface area (Å²) in [5.74, 6) is 0.618. The minimum atomic E-state index is -4.21. The lowest BCUT2D eigenvalue weighted by Crippen LogP contribution is -2.37. The number of hydrogen-bond donors (Lipinski definition) is 3. The van der Waals surface area contributed by atoms with Crippen LogP contribution in [0.2, 0.25) is 0 Å². The number of aliphatic hydroxyl groups excluding tert-OH is 1. The molecule has 0 saturated heterocycles. The first-order chi connectivity index (χ1) is 12.0. The molecule has 2 aromatic rings. The van der Waals surface area contributed by atoms with Gasteiger partial charge in [0, 0.05) is 18.9 Å². The maximum Gasteiger partial charge on any atom is 0.294 e. The van der Waals surface area contributed by atoms with Crippen LogP contribution >= 0.6 is 0 Å². The average molecular weight is 364 g/mol. The summed E-state index contributed by atoms with van der Waals surface area (Å²) >= 11 is 0. The number of nitrogens with one attached hydrogen (secondary N) is 1. The Morgan fingerprint density at radius 2 is 2.20 bits per heavy atom. The van der Waals surface area contributed by atoms with E-state index in [2.05, 4.69) is 10.3 Å². The van der Waals surface area contributed by atoms with Gasteiger partial charge in [-0.1, -0.05) is 6.07 Å². The topological polar surface area (TPSA) is 109 Å². The quantitative estimate of drug-likeness (QED) is 0.664. The lowest BCUT2D eigenvalue weighted by atomic mass is 10.0. The molecule has 1 aliphatic heterocycles. The molecule has 8 heteroatoms. The van der Waals surface area contributed by atoms with E-state index < -0.39 is 10.1 Å². The van der Waals surface area contributed by atoms with E-state index in [0.717, 1.165) is 11.1 Å². The Kier molecular flexibility index (Phi) is 5.33. The van der Waals surface area contributed by atoms with Gasteiger partial charge in [0.25, 0.3) is 10.1 Å². The highest BCUT2D eigenvalue weighted by atomic mass is 32.2. The van der Waals surface area contributed by atoms with Crippen LogP contribution in [0.4, 0.5) is 0 Å². The molecular formula is C17H20N2O5S. The van der Waals surface area contributed by atoms with Crippen molar-refractivity contribution >= 4 is 10.1 Å². The van der Waals surface area contributed by atoms with Crippen LogP contribution in [0.15, 0.2) is 47.6 Å². The van der Waals surface area contributed by atoms with Gasteiger partial charge in [0.1, 0.15) is 11.9 Å². The summed E-state index contributed by atoms with van der Waals surface area (Å²) < 4.78 is 37.4. The van der Waals surface area contributed by atoms with Gasteiger partial charge >= 0.3 is 0 Å². The molecule has 0 radical (unpaired) electrons. The molecule has 0 unspecified atom stereocenters. The molecule has 1 aliphatic rings. The lowest BCUT2D eigenvalue weighted by molar-refractivity contribution is 0.156. The van der Waals surface area contributed by atoms with Crippen LogP contribution in [-0.4, -0.2) is 42.3 Å². The maximum atomic E-state index is 11.2. The molecular weight excluding hydrogens is 344 g/mol. The SMILES string of the molecule is O=S(=O)(O)c1ccc2c(c1)CC[C@H](CN[C@@H](CO)c1cccnc1)O2. The molecule has 0 bridgehead atoms. The van der Waals surface area contributed by atoms with Crippen molar-refractivity contribution in [1.29, 1.82) is 0 Å². The highest BCUT2D eigenvalue weighted by Gasteiger charge is 2.23. The van der Waals surface area contributed by atoms with E-state index in [9.17, 15) is 13.5 Å². The molecule has 0 saturated carbocycles. The van der Waals surface area contributed by atoms with E-state index in [1.54, 1.807) is 18.5 Å². The van der Waals surface area contributed by atoms with Gasteiger partial charge < -0.3 is 15.2 Å². The van der Waals surface area contributed by atoms with Crippen molar-refractivity contribution in [2.75, 3.05) is 13.2 Å². The zero-order valence-electron chi connectivity index (χ0n) is 13.5. The van der Waals surface area contributed by atoms with Crippen molar-refractivity contribution in [2.45, 2.75) is 29.9 Å². The highest BCUT2D eigenvalue weighted by Crippen LogP contribution is 2.29. The number of rotatable bonds is 6. The monoisotopic (exact) mass is 364 g/mol. The molecule has 0 aliphatic carbocycles. The minimum absolute atomic E-state index is 0.0489. The van der Waals surface area contributed by atoms with Gasteiger partial charge in [-0.05, 0) is 48.2 Å². The van der Waals surface area contributed by atoms with Crippen molar-refractivity contribution < 1.29 is 22.8 Å². The van der Waals surface area contributed by atoms with Gasteiger partial charge in [-0.25, -0.2) is 0 Å². The van der Waals surface area contributed by atoms with Crippen molar-refractivity contribution in [3.05, 3.63) is 53.9 Å². The summed E-state index contributed by atoms with van der Waals surface area (Å²) in [6, 6.07) is 7.83. The Hall–Kier alpha value is -2.00. The number of fused-ring (bicyclic) bond motifs is 1. The molecule has 1 aromatic carbocycles. The van der Waals surface area contributed by atoms with Gasteiger partial charge in [0.15, 0.2) is 0 Å². The molecule has 134 valence electrons. The fourth-order valence-electron chi connectivity index (χ4n) is 2.87. The Labute approximate surface area is 146 Å². The van der Waals surface area contributed by atoms with E-state index in [0.29, 0.717) is 25.1 Å². The maximum absolute atomic E-state index is 11.2. The number of aryl methyl sites for hydroxylation is 1. The zero-order chi connectivity index (χ0) is 17.9. The summed E-state index contributed by atoms with van der Waals surface area (Å²) in [7, 11) is -4.21. The first-order valence-electron chi connectivity index (χ1n) is 7.98. The molecule has 0 spiro atoms. The Bertz CT molecular complexity index is 826. The summed E-state index contributed by atoms with van der Waals surface area (Å²) in [5, 5.41) is 12.8. The van der Waals surface area contributed by atoms with Gasteiger partial charge in [-0.2, -0.15) is 8.42 Å². The number of hydrogen-bond acceptors (Lipinski definition) is 6. The first kappa shape index (κ1) is 17.8. The summed E-state index contributed by atoms with van der Waals surface area (Å²) in [6.07, 6.45) is 4.67. The third-order valence-corrected chi connectivity index (χ3v) is 5.07. The number of ether oxygens (including phenoxy) is 1. The van der Waals surface area contributed by atoms with Gasteiger partial charge in [0.2, 0.25) is 0 Å². The summed E-state index contributed by atoms with van der Waals surface area (Å²) in [6.45, 7) is 0.492. The van der Waals surface area contributed by atoms with E-state index in [1.807, 2.05) is 12.1 Å². The highest BCUT2D eigenvalue weighted by molar-refractivity contribution is 7.85. The van der Waals surface area contributed by atoms with Crippen molar-refractivity contribution in [2.24, 2.45) is 0 Å². The van der Waals surface area contributed by atoms with Crippen LogP contribution in [0.5, 0.6) is 5.75 Å². The second-order valence-electron chi connectivity index (χ2n) is 5.95. The predicted octanol–water partition coefficient (Wildman–Crippen LogP) is 1.35. The third-order valence-electron chi connectivity index (χ3n) is 4.22. The van der Waals surface area contributed by atoms with Crippen molar-refractivity contribution in [3.63, 3.8) is 0 Å². The van der Waals surface area contributed by atoms with E-state index >= 15 is 0 Å². The first-order valence-corrected chi connectivity index (χ1v) is 9.42. The van der Waals surface area contributed by atoms with Crippen LogP contribution < -0.4 is 10.1 Å². The van der Waals surface area contributed by atoms with Crippen molar-refractivity contribution in [3.8, 4) is 5.75 Å². The molecule has 0 amide bonds. The smallest absolute Gasteiger partial charge is 0.294 e. The largest absolute Gasteiger partial charge is 0.489 e. The molecule has 3 N–H and O–H groups in total. The second kappa shape index (κ2) is 7.49. The van der Waals surface area contributed by atoms with E-state index in [-0.39, 0.29) is 23.6 Å². The Morgan fingerprint density at radius 3 is 2.88 bits per heavy atom. The molecule has 2 heterocycles. The Morgan fingerprint density at radius 1 is 1.36 bits per heavy atom. The van der Waals surface area contributed by atoms with Crippen LogP contribution in [0.1, 0.15) is 23.6 Å². The second-order valence-corrected chi connectivity index (χ2v) is 7.37. The van der Waals surface area contributed by atoms with E-state index in [1.165, 1.54) is 12.1 Å². The molecule has 7 nitrogen and oxygen atoms in total. The fourth-order valence-corrected chi connectivity index (χ4v) is 3.40. The molecule has 3 rings (SSSR count). The number of aromatic nitrogens is 1. The molecule has 0 fully saturated rings. The standard InChI is InChI=1S/C17H20N2O5S/c20-11-16(13-2-1-7-18-9-13)19-10-14-4-3-12-8-15(25(21,22)23)5-6-17(12)24-14/h1-2,5-9,14,16,19-20H,3-4,10-11H2,(H,21,22,23)/t14-,16+/m1/s1. The van der Waals surface area contributed by atoms with Gasteiger partial charge in [0.05, 0.1) is 17.5 Å². The summed E-state index contributed by atoms with van der Waals surface area (Å²) in [4.78, 5) is 3.93. The molecule has 2 atom stereocenters. The van der Waals surface area contributed by atoms with Crippen molar-refractivity contribution in [1.82, 2.24) is 10.3 Å². The normalized spacial score (nSPS) is 18.2. The number of nitrogens with zero attached hydrogens (tertiary/aromatic N) is 1. The third kappa shape index (κ3) is 4.35. The number of pyridine rings is 1.